The summed E-state index contributed by atoms with van der Waals surface area (Å²) in [5, 5.41) is 5.91. The molecule has 3 aromatic rings. The SMILES string of the molecule is CCCC(NC(=O)c1cc(OC)cc(OC)c1)C(=O)NCCC(c1ccccc1)c1ccccc1. The summed E-state index contributed by atoms with van der Waals surface area (Å²) in [7, 11) is 3.06. The Morgan fingerprint density at radius 2 is 1.34 bits per heavy atom. The number of hydrogen-bond acceptors (Lipinski definition) is 4. The molecule has 0 radical (unpaired) electrons. The summed E-state index contributed by atoms with van der Waals surface area (Å²) in [5.41, 5.74) is 2.79. The van der Waals surface area contributed by atoms with Gasteiger partial charge in [-0.25, -0.2) is 0 Å². The first kappa shape index (κ1) is 25.8. The molecule has 35 heavy (non-hydrogen) atoms. The van der Waals surface area contributed by atoms with E-state index in [1.165, 1.54) is 25.3 Å². The van der Waals surface area contributed by atoms with Crippen molar-refractivity contribution in [2.24, 2.45) is 0 Å². The molecule has 2 N–H and O–H groups in total. The van der Waals surface area contributed by atoms with Crippen LogP contribution < -0.4 is 20.1 Å². The molecule has 0 aromatic heterocycles. The van der Waals surface area contributed by atoms with Gasteiger partial charge >= 0.3 is 0 Å². The lowest BCUT2D eigenvalue weighted by Gasteiger charge is -2.21. The van der Waals surface area contributed by atoms with Gasteiger partial charge in [-0.15, -0.1) is 0 Å². The second kappa shape index (κ2) is 13.2. The minimum absolute atomic E-state index is 0.168. The average molecular weight is 475 g/mol. The normalized spacial score (nSPS) is 11.5. The summed E-state index contributed by atoms with van der Waals surface area (Å²) in [4.78, 5) is 25.9. The van der Waals surface area contributed by atoms with Crippen LogP contribution in [0.1, 0.15) is 53.6 Å². The third kappa shape index (κ3) is 7.34. The van der Waals surface area contributed by atoms with Crippen LogP contribution >= 0.6 is 0 Å². The molecule has 0 aliphatic heterocycles. The summed E-state index contributed by atoms with van der Waals surface area (Å²) in [6.45, 7) is 2.48. The number of rotatable bonds is 12. The highest BCUT2D eigenvalue weighted by atomic mass is 16.5. The van der Waals surface area contributed by atoms with E-state index in [-0.39, 0.29) is 17.7 Å². The molecule has 3 aromatic carbocycles. The predicted molar refractivity (Wildman–Crippen MR) is 138 cm³/mol. The molecule has 0 saturated heterocycles. The van der Waals surface area contributed by atoms with Crippen LogP contribution in [-0.2, 0) is 4.79 Å². The van der Waals surface area contributed by atoms with Crippen LogP contribution in [-0.4, -0.2) is 38.6 Å². The minimum Gasteiger partial charge on any atom is -0.497 e. The first-order valence-electron chi connectivity index (χ1n) is 12.0. The van der Waals surface area contributed by atoms with Crippen LogP contribution in [0.15, 0.2) is 78.9 Å². The zero-order valence-corrected chi connectivity index (χ0v) is 20.6. The molecule has 0 saturated carbocycles. The van der Waals surface area contributed by atoms with E-state index in [0.29, 0.717) is 30.0 Å². The maximum Gasteiger partial charge on any atom is 0.252 e. The monoisotopic (exact) mass is 474 g/mol. The van der Waals surface area contributed by atoms with E-state index in [1.807, 2.05) is 43.3 Å². The Labute approximate surface area is 207 Å². The number of benzene rings is 3. The Morgan fingerprint density at radius 1 is 0.800 bits per heavy atom. The van der Waals surface area contributed by atoms with Crippen molar-refractivity contribution in [3.8, 4) is 11.5 Å². The molecular weight excluding hydrogens is 440 g/mol. The second-order valence-electron chi connectivity index (χ2n) is 8.37. The molecule has 2 amide bonds. The quantitative estimate of drug-likeness (QED) is 0.390. The molecular formula is C29H34N2O4. The van der Waals surface area contributed by atoms with E-state index >= 15 is 0 Å². The maximum absolute atomic E-state index is 13.0. The highest BCUT2D eigenvalue weighted by Gasteiger charge is 2.22. The highest BCUT2D eigenvalue weighted by Crippen LogP contribution is 2.27. The zero-order chi connectivity index (χ0) is 25.0. The standard InChI is InChI=1S/C29H34N2O4/c1-4-11-27(31-28(32)23-18-24(34-2)20-25(19-23)35-3)29(33)30-17-16-26(21-12-7-5-8-13-21)22-14-9-6-10-15-22/h5-10,12-15,18-20,26-27H,4,11,16-17H2,1-3H3,(H,30,33)(H,31,32). The zero-order valence-electron chi connectivity index (χ0n) is 20.6. The molecule has 0 bridgehead atoms. The van der Waals surface area contributed by atoms with Gasteiger partial charge in [-0.1, -0.05) is 74.0 Å². The van der Waals surface area contributed by atoms with Gasteiger partial charge in [0.15, 0.2) is 0 Å². The van der Waals surface area contributed by atoms with Gasteiger partial charge in [-0.2, -0.15) is 0 Å². The molecule has 0 spiro atoms. The van der Waals surface area contributed by atoms with Crippen molar-refractivity contribution in [2.75, 3.05) is 20.8 Å². The molecule has 1 atom stereocenters. The minimum atomic E-state index is -0.628. The van der Waals surface area contributed by atoms with E-state index < -0.39 is 6.04 Å². The molecule has 0 aliphatic rings. The Kier molecular flexibility index (Phi) is 9.72. The van der Waals surface area contributed by atoms with E-state index in [9.17, 15) is 9.59 Å². The van der Waals surface area contributed by atoms with Gasteiger partial charge in [0.05, 0.1) is 14.2 Å². The van der Waals surface area contributed by atoms with Crippen molar-refractivity contribution in [3.63, 3.8) is 0 Å². The van der Waals surface area contributed by atoms with Crippen molar-refractivity contribution in [1.82, 2.24) is 10.6 Å². The van der Waals surface area contributed by atoms with Crippen LogP contribution in [0.2, 0.25) is 0 Å². The first-order valence-corrected chi connectivity index (χ1v) is 12.0. The van der Waals surface area contributed by atoms with E-state index in [2.05, 4.69) is 34.9 Å². The molecule has 0 fully saturated rings. The number of methoxy groups -OCH3 is 2. The van der Waals surface area contributed by atoms with Gasteiger partial charge in [0.1, 0.15) is 17.5 Å². The fourth-order valence-corrected chi connectivity index (χ4v) is 4.10. The molecule has 6 heteroatoms. The Hall–Kier alpha value is -3.80. The summed E-state index contributed by atoms with van der Waals surface area (Å²) in [6, 6.07) is 24.9. The Morgan fingerprint density at radius 3 is 1.83 bits per heavy atom. The summed E-state index contributed by atoms with van der Waals surface area (Å²) in [6.07, 6.45) is 2.05. The van der Waals surface area contributed by atoms with Gasteiger partial charge in [0.25, 0.3) is 5.91 Å². The first-order chi connectivity index (χ1) is 17.0. The van der Waals surface area contributed by atoms with Gasteiger partial charge in [-0.05, 0) is 36.1 Å². The number of carbonyl (C=O) groups is 2. The number of amides is 2. The van der Waals surface area contributed by atoms with E-state index in [4.69, 9.17) is 9.47 Å². The van der Waals surface area contributed by atoms with Gasteiger partial charge in [0, 0.05) is 24.1 Å². The number of ether oxygens (including phenoxy) is 2. The summed E-state index contributed by atoms with van der Waals surface area (Å²) in [5.74, 6) is 0.663. The molecule has 0 heterocycles. The van der Waals surface area contributed by atoms with Crippen LogP contribution in [0.25, 0.3) is 0 Å². The lowest BCUT2D eigenvalue weighted by molar-refractivity contribution is -0.123. The maximum atomic E-state index is 13.0. The molecule has 0 aliphatic carbocycles. The largest absolute Gasteiger partial charge is 0.497 e. The molecule has 3 rings (SSSR count). The van der Waals surface area contributed by atoms with Crippen molar-refractivity contribution in [3.05, 3.63) is 95.6 Å². The van der Waals surface area contributed by atoms with Crippen molar-refractivity contribution in [2.45, 2.75) is 38.1 Å². The summed E-state index contributed by atoms with van der Waals surface area (Å²) >= 11 is 0. The third-order valence-corrected chi connectivity index (χ3v) is 5.95. The van der Waals surface area contributed by atoms with Gasteiger partial charge in [-0.3, -0.25) is 9.59 Å². The van der Waals surface area contributed by atoms with Gasteiger partial charge < -0.3 is 20.1 Å². The predicted octanol–water partition coefficient (Wildman–Crippen LogP) is 4.94. The van der Waals surface area contributed by atoms with Crippen LogP contribution in [0.5, 0.6) is 11.5 Å². The third-order valence-electron chi connectivity index (χ3n) is 5.95. The van der Waals surface area contributed by atoms with Crippen molar-refractivity contribution in [1.29, 1.82) is 0 Å². The fourth-order valence-electron chi connectivity index (χ4n) is 4.10. The van der Waals surface area contributed by atoms with Crippen molar-refractivity contribution < 1.29 is 19.1 Å². The van der Waals surface area contributed by atoms with Crippen LogP contribution in [0.3, 0.4) is 0 Å². The lowest BCUT2D eigenvalue weighted by Crippen LogP contribution is -2.47. The van der Waals surface area contributed by atoms with E-state index in [1.54, 1.807) is 18.2 Å². The molecule has 184 valence electrons. The Bertz CT molecular complexity index is 1020. The van der Waals surface area contributed by atoms with E-state index in [0.717, 1.165) is 12.8 Å². The number of carbonyl (C=O) groups excluding carboxylic acids is 2. The van der Waals surface area contributed by atoms with Crippen LogP contribution in [0.4, 0.5) is 0 Å². The number of hydrogen-bond donors (Lipinski definition) is 2. The average Bonchev–Trinajstić information content (AvgIpc) is 2.91. The van der Waals surface area contributed by atoms with Crippen molar-refractivity contribution >= 4 is 11.8 Å². The number of nitrogens with one attached hydrogen (secondary N) is 2. The Balaban J connectivity index is 1.65. The summed E-state index contributed by atoms with van der Waals surface area (Å²) < 4.78 is 10.5. The molecule has 1 unspecified atom stereocenters. The van der Waals surface area contributed by atoms with Gasteiger partial charge in [0.2, 0.25) is 5.91 Å². The fraction of sp³-hybridized carbons (Fsp3) is 0.310. The smallest absolute Gasteiger partial charge is 0.252 e. The lowest BCUT2D eigenvalue weighted by atomic mass is 9.88. The van der Waals surface area contributed by atoms with Crippen LogP contribution in [0, 0.1) is 0 Å². The molecule has 6 nitrogen and oxygen atoms in total. The highest BCUT2D eigenvalue weighted by molar-refractivity contribution is 5.98. The second-order valence-corrected chi connectivity index (χ2v) is 8.37. The topological polar surface area (TPSA) is 76.7 Å².